The molecule has 4 heteroatoms. The molecule has 0 radical (unpaired) electrons. The maximum Gasteiger partial charge on any atom is 0.148 e. The first-order chi connectivity index (χ1) is 12.2. The number of aliphatic hydroxyl groups is 1. The lowest BCUT2D eigenvalue weighted by atomic mass is 10.1. The summed E-state index contributed by atoms with van der Waals surface area (Å²) in [5.41, 5.74) is -0.0824. The molecule has 0 aliphatic carbocycles. The molecule has 25 heavy (non-hydrogen) atoms. The molecule has 1 heterocycles. The third kappa shape index (κ3) is 3.89. The van der Waals surface area contributed by atoms with Crippen LogP contribution in [0.25, 0.3) is 0 Å². The average molecular weight is 358 g/mol. The molecule has 134 valence electrons. The molecular formula is C21H27O3P. The van der Waals surface area contributed by atoms with Crippen molar-refractivity contribution < 1.29 is 14.4 Å². The van der Waals surface area contributed by atoms with Gasteiger partial charge in [-0.05, 0) is 6.42 Å². The summed E-state index contributed by atoms with van der Waals surface area (Å²) in [7, 11) is -2.85. The van der Waals surface area contributed by atoms with Crippen LogP contribution in [0.5, 0.6) is 0 Å². The van der Waals surface area contributed by atoms with Crippen LogP contribution >= 0.6 is 7.14 Å². The van der Waals surface area contributed by atoms with E-state index in [1.807, 2.05) is 60.7 Å². The Morgan fingerprint density at radius 2 is 1.56 bits per heavy atom. The van der Waals surface area contributed by atoms with Gasteiger partial charge >= 0.3 is 0 Å². The van der Waals surface area contributed by atoms with E-state index in [2.05, 4.69) is 6.92 Å². The number of ether oxygens (including phenoxy) is 1. The normalized spacial score (nSPS) is 21.0. The standard InChI is InChI=1S/C21H27O3P/c1-2-3-6-15-20(21-19(16-22)24-21)25(23,17-11-7-4-8-12-17)18-13-9-5-10-14-18/h4-5,7-14,19-22H,2-3,6,15-16H2,1H3/t19-,20-,21+/m0/s1. The second kappa shape index (κ2) is 8.31. The molecule has 2 aromatic carbocycles. The van der Waals surface area contributed by atoms with E-state index in [-0.39, 0.29) is 24.5 Å². The van der Waals surface area contributed by atoms with Gasteiger partial charge in [0.05, 0.1) is 12.7 Å². The van der Waals surface area contributed by atoms with E-state index >= 15 is 0 Å². The van der Waals surface area contributed by atoms with Gasteiger partial charge < -0.3 is 14.4 Å². The molecule has 1 N–H and O–H groups in total. The minimum atomic E-state index is -2.85. The van der Waals surface area contributed by atoms with Gasteiger partial charge in [0, 0.05) is 16.3 Å². The van der Waals surface area contributed by atoms with Crippen LogP contribution in [0.15, 0.2) is 60.7 Å². The zero-order valence-corrected chi connectivity index (χ0v) is 15.6. The molecule has 0 unspecified atom stereocenters. The Balaban J connectivity index is 2.03. The summed E-state index contributed by atoms with van der Waals surface area (Å²) in [6.45, 7) is 2.17. The van der Waals surface area contributed by atoms with Crippen LogP contribution in [0.4, 0.5) is 0 Å². The molecule has 0 aromatic heterocycles. The molecule has 1 aliphatic rings. The maximum absolute atomic E-state index is 14.5. The molecule has 0 saturated carbocycles. The Hall–Kier alpha value is -1.41. The SMILES string of the molecule is CCCCC[C@@H]([C@@H]1O[C@H]1CO)P(=O)(c1ccccc1)c1ccccc1. The van der Waals surface area contributed by atoms with E-state index in [0.29, 0.717) is 0 Å². The quantitative estimate of drug-likeness (QED) is 0.422. The van der Waals surface area contributed by atoms with Crippen molar-refractivity contribution in [3.05, 3.63) is 60.7 Å². The second-order valence-electron chi connectivity index (χ2n) is 6.71. The Morgan fingerprint density at radius 1 is 1.00 bits per heavy atom. The summed E-state index contributed by atoms with van der Waals surface area (Å²) in [5, 5.41) is 11.3. The molecule has 0 bridgehead atoms. The largest absolute Gasteiger partial charge is 0.394 e. The van der Waals surface area contributed by atoms with E-state index in [4.69, 9.17) is 4.74 Å². The second-order valence-corrected chi connectivity index (χ2v) is 9.73. The summed E-state index contributed by atoms with van der Waals surface area (Å²) in [5.74, 6) is 0. The minimum Gasteiger partial charge on any atom is -0.394 e. The van der Waals surface area contributed by atoms with Gasteiger partial charge in [-0.15, -0.1) is 0 Å². The van der Waals surface area contributed by atoms with Crippen LogP contribution in [0.1, 0.15) is 32.6 Å². The Bertz CT molecular complexity index is 658. The highest BCUT2D eigenvalue weighted by Gasteiger charge is 2.52. The molecule has 3 atom stereocenters. The fourth-order valence-corrected chi connectivity index (χ4v) is 7.15. The number of benzene rings is 2. The van der Waals surface area contributed by atoms with Crippen molar-refractivity contribution >= 4 is 17.8 Å². The lowest BCUT2D eigenvalue weighted by molar-refractivity contribution is 0.241. The van der Waals surface area contributed by atoms with E-state index < -0.39 is 7.14 Å². The third-order valence-corrected chi connectivity index (χ3v) is 8.65. The number of aliphatic hydroxyl groups excluding tert-OH is 1. The van der Waals surface area contributed by atoms with Gasteiger partial charge in [-0.1, -0.05) is 86.8 Å². The molecular weight excluding hydrogens is 331 g/mol. The highest BCUT2D eigenvalue weighted by atomic mass is 31.2. The van der Waals surface area contributed by atoms with Gasteiger partial charge in [-0.3, -0.25) is 0 Å². The van der Waals surface area contributed by atoms with Crippen LogP contribution in [-0.4, -0.2) is 29.6 Å². The topological polar surface area (TPSA) is 49.8 Å². The van der Waals surface area contributed by atoms with Crippen molar-refractivity contribution in [2.24, 2.45) is 0 Å². The van der Waals surface area contributed by atoms with Gasteiger partial charge in [0.1, 0.15) is 13.2 Å². The highest BCUT2D eigenvalue weighted by Crippen LogP contribution is 2.55. The summed E-state index contributed by atoms with van der Waals surface area (Å²) in [6, 6.07) is 19.6. The third-order valence-electron chi connectivity index (χ3n) is 5.03. The molecule has 1 fully saturated rings. The van der Waals surface area contributed by atoms with Crippen molar-refractivity contribution in [3.63, 3.8) is 0 Å². The van der Waals surface area contributed by atoms with Gasteiger partial charge in [-0.25, -0.2) is 0 Å². The monoisotopic (exact) mass is 358 g/mol. The molecule has 0 spiro atoms. The van der Waals surface area contributed by atoms with Gasteiger partial charge in [0.25, 0.3) is 0 Å². The summed E-state index contributed by atoms with van der Waals surface area (Å²) in [4.78, 5) is 0. The van der Waals surface area contributed by atoms with Crippen LogP contribution in [0.2, 0.25) is 0 Å². The molecule has 1 aliphatic heterocycles. The lowest BCUT2D eigenvalue weighted by Gasteiger charge is -2.28. The number of epoxide rings is 1. The number of unbranched alkanes of at least 4 members (excludes halogenated alkanes) is 2. The number of rotatable bonds is 9. The zero-order valence-electron chi connectivity index (χ0n) is 14.8. The van der Waals surface area contributed by atoms with Crippen LogP contribution in [0, 0.1) is 0 Å². The van der Waals surface area contributed by atoms with Crippen molar-refractivity contribution in [2.75, 3.05) is 6.61 Å². The lowest BCUT2D eigenvalue weighted by Crippen LogP contribution is -2.31. The van der Waals surface area contributed by atoms with Crippen molar-refractivity contribution in [1.29, 1.82) is 0 Å². The van der Waals surface area contributed by atoms with Crippen molar-refractivity contribution in [1.82, 2.24) is 0 Å². The number of hydrogen-bond donors (Lipinski definition) is 1. The first-order valence-electron chi connectivity index (χ1n) is 9.19. The molecule has 1 saturated heterocycles. The summed E-state index contributed by atoms with van der Waals surface area (Å²) >= 11 is 0. The fraction of sp³-hybridized carbons (Fsp3) is 0.429. The van der Waals surface area contributed by atoms with Crippen LogP contribution in [0.3, 0.4) is 0 Å². The van der Waals surface area contributed by atoms with Crippen LogP contribution < -0.4 is 10.6 Å². The molecule has 0 amide bonds. The Morgan fingerprint density at radius 3 is 2.00 bits per heavy atom. The first kappa shape index (κ1) is 18.4. The molecule has 3 rings (SSSR count). The van der Waals surface area contributed by atoms with E-state index in [1.165, 1.54) is 0 Å². The van der Waals surface area contributed by atoms with E-state index in [9.17, 15) is 9.67 Å². The van der Waals surface area contributed by atoms with Gasteiger partial charge in [0.2, 0.25) is 0 Å². The Labute approximate surface area is 150 Å². The predicted octanol–water partition coefficient (Wildman–Crippen LogP) is 3.71. The molecule has 3 nitrogen and oxygen atoms in total. The van der Waals surface area contributed by atoms with Crippen LogP contribution in [-0.2, 0) is 9.30 Å². The first-order valence-corrected chi connectivity index (χ1v) is 11.0. The van der Waals surface area contributed by atoms with Crippen molar-refractivity contribution in [2.45, 2.75) is 50.5 Å². The van der Waals surface area contributed by atoms with Crippen molar-refractivity contribution in [3.8, 4) is 0 Å². The fourth-order valence-electron chi connectivity index (χ4n) is 3.63. The summed E-state index contributed by atoms with van der Waals surface area (Å²) in [6.07, 6.45) is 3.85. The number of hydrogen-bond acceptors (Lipinski definition) is 3. The van der Waals surface area contributed by atoms with E-state index in [1.54, 1.807) is 0 Å². The molecule has 2 aromatic rings. The maximum atomic E-state index is 14.5. The predicted molar refractivity (Wildman–Crippen MR) is 103 cm³/mol. The van der Waals surface area contributed by atoms with Gasteiger partial charge in [0.15, 0.2) is 0 Å². The van der Waals surface area contributed by atoms with E-state index in [0.717, 1.165) is 36.3 Å². The highest BCUT2D eigenvalue weighted by molar-refractivity contribution is 7.79. The van der Waals surface area contributed by atoms with Gasteiger partial charge in [-0.2, -0.15) is 0 Å². The smallest absolute Gasteiger partial charge is 0.148 e. The zero-order chi connectivity index (χ0) is 17.7. The average Bonchev–Trinajstić information content (AvgIpc) is 3.45. The minimum absolute atomic E-state index is 0.00146. The summed E-state index contributed by atoms with van der Waals surface area (Å²) < 4.78 is 20.2. The Kier molecular flexibility index (Phi) is 6.11.